The molecule has 0 saturated carbocycles. The molecular formula is C19H18N4O3S. The summed E-state index contributed by atoms with van der Waals surface area (Å²) < 4.78 is 0. The van der Waals surface area contributed by atoms with Crippen LogP contribution in [0.1, 0.15) is 15.2 Å². The van der Waals surface area contributed by atoms with Crippen molar-refractivity contribution in [2.45, 2.75) is 6.54 Å². The zero-order chi connectivity index (χ0) is 18.8. The van der Waals surface area contributed by atoms with Crippen LogP contribution in [0.4, 0.5) is 5.00 Å². The van der Waals surface area contributed by atoms with Gasteiger partial charge in [-0.05, 0) is 17.7 Å². The molecule has 1 aliphatic rings. The number of para-hydroxylation sites is 1. The third kappa shape index (κ3) is 3.67. The number of carbonyl (C=O) groups is 1. The molecule has 8 heteroatoms. The van der Waals surface area contributed by atoms with Gasteiger partial charge in [-0.1, -0.05) is 35.6 Å². The molecule has 0 N–H and O–H groups in total. The van der Waals surface area contributed by atoms with Crippen LogP contribution in [-0.2, 0) is 6.54 Å². The molecule has 1 aromatic carbocycles. The summed E-state index contributed by atoms with van der Waals surface area (Å²) in [6, 6.07) is 13.1. The van der Waals surface area contributed by atoms with Crippen LogP contribution < -0.4 is 0 Å². The summed E-state index contributed by atoms with van der Waals surface area (Å²) in [4.78, 5) is 31.9. The average molecular weight is 382 g/mol. The lowest BCUT2D eigenvalue weighted by Gasteiger charge is -2.34. The average Bonchev–Trinajstić information content (AvgIpc) is 3.19. The van der Waals surface area contributed by atoms with Crippen molar-refractivity contribution in [3.8, 4) is 0 Å². The van der Waals surface area contributed by atoms with Crippen LogP contribution in [-0.4, -0.2) is 51.8 Å². The second-order valence-electron chi connectivity index (χ2n) is 6.46. The number of benzene rings is 1. The summed E-state index contributed by atoms with van der Waals surface area (Å²) in [5.41, 5.74) is 2.20. The van der Waals surface area contributed by atoms with Gasteiger partial charge in [0.15, 0.2) is 0 Å². The predicted octanol–water partition coefficient (Wildman–Crippen LogP) is 3.16. The van der Waals surface area contributed by atoms with E-state index in [-0.39, 0.29) is 10.9 Å². The van der Waals surface area contributed by atoms with Gasteiger partial charge in [-0.25, -0.2) is 0 Å². The molecule has 0 bridgehead atoms. The van der Waals surface area contributed by atoms with Crippen molar-refractivity contribution < 1.29 is 9.72 Å². The molecule has 1 saturated heterocycles. The van der Waals surface area contributed by atoms with Gasteiger partial charge in [0.2, 0.25) is 0 Å². The van der Waals surface area contributed by atoms with E-state index in [0.29, 0.717) is 18.0 Å². The SMILES string of the molecule is O=C(c1ccc([N+](=O)[O-])s1)N1CCN(Cc2cccc3cccnc23)CC1. The quantitative estimate of drug-likeness (QED) is 0.511. The van der Waals surface area contributed by atoms with Gasteiger partial charge in [-0.15, -0.1) is 0 Å². The Hall–Kier alpha value is -2.84. The molecule has 3 heterocycles. The van der Waals surface area contributed by atoms with Crippen molar-refractivity contribution >= 4 is 33.1 Å². The van der Waals surface area contributed by atoms with Crippen LogP contribution >= 0.6 is 11.3 Å². The summed E-state index contributed by atoms with van der Waals surface area (Å²) in [6.07, 6.45) is 1.81. The van der Waals surface area contributed by atoms with Crippen molar-refractivity contribution in [3.05, 3.63) is 69.2 Å². The van der Waals surface area contributed by atoms with E-state index in [0.717, 1.165) is 41.9 Å². The highest BCUT2D eigenvalue weighted by Gasteiger charge is 2.25. The van der Waals surface area contributed by atoms with Gasteiger partial charge in [0, 0.05) is 50.4 Å². The Morgan fingerprint density at radius 1 is 1.11 bits per heavy atom. The molecule has 1 aliphatic heterocycles. The fraction of sp³-hybridized carbons (Fsp3) is 0.263. The Morgan fingerprint density at radius 3 is 2.63 bits per heavy atom. The van der Waals surface area contributed by atoms with Crippen molar-refractivity contribution in [1.82, 2.24) is 14.8 Å². The first kappa shape index (κ1) is 17.6. The Bertz CT molecular complexity index is 990. The van der Waals surface area contributed by atoms with Crippen molar-refractivity contribution in [2.24, 2.45) is 0 Å². The van der Waals surface area contributed by atoms with Crippen LogP contribution in [0.2, 0.25) is 0 Å². The number of nitro groups is 1. The van der Waals surface area contributed by atoms with Gasteiger partial charge in [0.05, 0.1) is 15.3 Å². The smallest absolute Gasteiger partial charge is 0.324 e. The first-order chi connectivity index (χ1) is 13.1. The second-order valence-corrected chi connectivity index (χ2v) is 7.52. The van der Waals surface area contributed by atoms with E-state index in [4.69, 9.17) is 0 Å². The number of fused-ring (bicyclic) bond motifs is 1. The Morgan fingerprint density at radius 2 is 1.89 bits per heavy atom. The molecule has 138 valence electrons. The number of thiophene rings is 1. The van der Waals surface area contributed by atoms with E-state index in [2.05, 4.69) is 28.1 Å². The molecule has 0 aliphatic carbocycles. The maximum Gasteiger partial charge on any atom is 0.324 e. The van der Waals surface area contributed by atoms with Crippen LogP contribution in [0.5, 0.6) is 0 Å². The predicted molar refractivity (Wildman–Crippen MR) is 104 cm³/mol. The van der Waals surface area contributed by atoms with Crippen molar-refractivity contribution in [3.63, 3.8) is 0 Å². The topological polar surface area (TPSA) is 79.6 Å². The Kier molecular flexibility index (Phi) is 4.83. The third-order valence-electron chi connectivity index (χ3n) is 4.75. The molecule has 7 nitrogen and oxygen atoms in total. The number of piperazine rings is 1. The normalized spacial score (nSPS) is 15.2. The molecule has 0 spiro atoms. The van der Waals surface area contributed by atoms with Crippen molar-refractivity contribution in [1.29, 1.82) is 0 Å². The number of rotatable bonds is 4. The van der Waals surface area contributed by atoms with Crippen LogP contribution in [0.15, 0.2) is 48.7 Å². The number of nitrogens with zero attached hydrogens (tertiary/aromatic N) is 4. The highest BCUT2D eigenvalue weighted by atomic mass is 32.1. The summed E-state index contributed by atoms with van der Waals surface area (Å²) in [5, 5.41) is 11.9. The molecular weight excluding hydrogens is 364 g/mol. The molecule has 0 atom stereocenters. The molecule has 27 heavy (non-hydrogen) atoms. The van der Waals surface area contributed by atoms with Crippen LogP contribution in [0.25, 0.3) is 10.9 Å². The van der Waals surface area contributed by atoms with Gasteiger partial charge in [0.1, 0.15) is 0 Å². The first-order valence-corrected chi connectivity index (χ1v) is 9.52. The lowest BCUT2D eigenvalue weighted by atomic mass is 10.1. The minimum absolute atomic E-state index is 0.000409. The third-order valence-corrected chi connectivity index (χ3v) is 5.78. The highest BCUT2D eigenvalue weighted by molar-refractivity contribution is 7.17. The maximum absolute atomic E-state index is 12.6. The second kappa shape index (κ2) is 7.42. The summed E-state index contributed by atoms with van der Waals surface area (Å²) in [6.45, 7) is 3.55. The van der Waals surface area contributed by atoms with Crippen molar-refractivity contribution in [2.75, 3.05) is 26.2 Å². The van der Waals surface area contributed by atoms with Gasteiger partial charge in [0.25, 0.3) is 5.91 Å². The van der Waals surface area contributed by atoms with Crippen LogP contribution in [0, 0.1) is 10.1 Å². The van der Waals surface area contributed by atoms with Gasteiger partial charge in [-0.3, -0.25) is 24.8 Å². The lowest BCUT2D eigenvalue weighted by Crippen LogP contribution is -2.48. The van der Waals surface area contributed by atoms with E-state index < -0.39 is 4.92 Å². The zero-order valence-electron chi connectivity index (χ0n) is 14.6. The number of hydrogen-bond acceptors (Lipinski definition) is 6. The summed E-state index contributed by atoms with van der Waals surface area (Å²) in [5.74, 6) is -0.125. The molecule has 1 fully saturated rings. The van der Waals surface area contributed by atoms with Crippen LogP contribution in [0.3, 0.4) is 0 Å². The standard InChI is InChI=1S/C19H18N4O3S/c24-19(16-6-7-17(27-16)23(25)26)22-11-9-21(10-12-22)13-15-4-1-3-14-5-2-8-20-18(14)15/h1-8H,9-13H2. The van der Waals surface area contributed by atoms with Gasteiger partial charge < -0.3 is 4.90 Å². The van der Waals surface area contributed by atoms with E-state index in [1.165, 1.54) is 11.6 Å². The lowest BCUT2D eigenvalue weighted by molar-refractivity contribution is -0.380. The molecule has 1 amide bonds. The first-order valence-electron chi connectivity index (χ1n) is 8.70. The molecule has 4 rings (SSSR count). The summed E-state index contributed by atoms with van der Waals surface area (Å²) in [7, 11) is 0. The maximum atomic E-state index is 12.6. The van der Waals surface area contributed by atoms with E-state index in [1.54, 1.807) is 11.0 Å². The fourth-order valence-electron chi connectivity index (χ4n) is 3.34. The van der Waals surface area contributed by atoms with E-state index >= 15 is 0 Å². The number of hydrogen-bond donors (Lipinski definition) is 0. The fourth-order valence-corrected chi connectivity index (χ4v) is 4.13. The molecule has 0 radical (unpaired) electrons. The monoisotopic (exact) mass is 382 g/mol. The number of aromatic nitrogens is 1. The Labute approximate surface area is 160 Å². The number of carbonyl (C=O) groups excluding carboxylic acids is 1. The molecule has 0 unspecified atom stereocenters. The minimum Gasteiger partial charge on any atom is -0.335 e. The Balaban J connectivity index is 1.40. The zero-order valence-corrected chi connectivity index (χ0v) is 15.4. The van der Waals surface area contributed by atoms with Gasteiger partial charge in [-0.2, -0.15) is 0 Å². The van der Waals surface area contributed by atoms with E-state index in [9.17, 15) is 14.9 Å². The highest BCUT2D eigenvalue weighted by Crippen LogP contribution is 2.25. The largest absolute Gasteiger partial charge is 0.335 e. The molecule has 3 aromatic rings. The number of amides is 1. The summed E-state index contributed by atoms with van der Waals surface area (Å²) >= 11 is 0.935. The van der Waals surface area contributed by atoms with E-state index in [1.807, 2.05) is 18.3 Å². The molecule has 2 aromatic heterocycles. The number of pyridine rings is 1. The van der Waals surface area contributed by atoms with Gasteiger partial charge >= 0.3 is 5.00 Å². The minimum atomic E-state index is -0.461.